The van der Waals surface area contributed by atoms with Gasteiger partial charge in [-0.15, -0.1) is 0 Å². The van der Waals surface area contributed by atoms with E-state index in [-0.39, 0.29) is 6.10 Å². The monoisotopic (exact) mass is 290 g/mol. The van der Waals surface area contributed by atoms with Crippen LogP contribution in [0.4, 0.5) is 0 Å². The first-order chi connectivity index (χ1) is 10.2. The Labute approximate surface area is 124 Å². The first-order valence-corrected chi connectivity index (χ1v) is 7.46. The zero-order valence-corrected chi connectivity index (χ0v) is 12.6. The van der Waals surface area contributed by atoms with E-state index in [2.05, 4.69) is 39.0 Å². The molecular weight excluding hydrogens is 268 g/mol. The van der Waals surface area contributed by atoms with Crippen LogP contribution in [0.15, 0.2) is 18.5 Å². The van der Waals surface area contributed by atoms with Crippen molar-refractivity contribution in [1.29, 1.82) is 0 Å². The van der Waals surface area contributed by atoms with E-state index in [4.69, 9.17) is 4.74 Å². The number of aromatic nitrogens is 5. The van der Waals surface area contributed by atoms with Gasteiger partial charge in [-0.3, -0.25) is 14.7 Å². The molecule has 0 radical (unpaired) electrons. The fourth-order valence-electron chi connectivity index (χ4n) is 2.44. The summed E-state index contributed by atoms with van der Waals surface area (Å²) >= 11 is 0. The summed E-state index contributed by atoms with van der Waals surface area (Å²) in [7, 11) is 0. The topological polar surface area (TPSA) is 71.9 Å². The van der Waals surface area contributed by atoms with Crippen LogP contribution in [0, 0.1) is 0 Å². The summed E-state index contributed by atoms with van der Waals surface area (Å²) in [4.78, 5) is 6.92. The van der Waals surface area contributed by atoms with Gasteiger partial charge in [0, 0.05) is 37.9 Å². The van der Waals surface area contributed by atoms with Crippen LogP contribution in [0.5, 0.6) is 0 Å². The lowest BCUT2D eigenvalue weighted by molar-refractivity contribution is -0.0352. The molecule has 1 atom stereocenters. The van der Waals surface area contributed by atoms with Gasteiger partial charge in [0.1, 0.15) is 6.10 Å². The molecule has 2 aromatic heterocycles. The van der Waals surface area contributed by atoms with Gasteiger partial charge in [-0.1, -0.05) is 13.8 Å². The van der Waals surface area contributed by atoms with E-state index in [0.29, 0.717) is 5.92 Å². The van der Waals surface area contributed by atoms with Gasteiger partial charge in [0.15, 0.2) is 11.6 Å². The summed E-state index contributed by atoms with van der Waals surface area (Å²) in [6.45, 7) is 8.55. The Morgan fingerprint density at radius 1 is 1.43 bits per heavy atom. The third-order valence-corrected chi connectivity index (χ3v) is 3.70. The smallest absolute Gasteiger partial charge is 0.155 e. The van der Waals surface area contributed by atoms with Crippen molar-refractivity contribution in [3.63, 3.8) is 0 Å². The van der Waals surface area contributed by atoms with Gasteiger partial charge in [0.2, 0.25) is 0 Å². The number of hydrogen-bond donors (Lipinski definition) is 1. The van der Waals surface area contributed by atoms with E-state index in [1.165, 1.54) is 0 Å². The van der Waals surface area contributed by atoms with Crippen LogP contribution in [0.2, 0.25) is 0 Å². The Morgan fingerprint density at radius 3 is 3.05 bits per heavy atom. The van der Waals surface area contributed by atoms with Gasteiger partial charge in [-0.2, -0.15) is 10.2 Å². The maximum Gasteiger partial charge on any atom is 0.155 e. The van der Waals surface area contributed by atoms with Crippen LogP contribution < -0.4 is 0 Å². The van der Waals surface area contributed by atoms with Gasteiger partial charge >= 0.3 is 0 Å². The zero-order valence-electron chi connectivity index (χ0n) is 12.6. The molecule has 114 valence electrons. The standard InChI is InChI=1S/C14H22N6O/c1-11(2)13-16-14(18-17-13)12-10-19(8-9-21-12)6-7-20-5-3-4-15-20/h3-5,11-12H,6-10H2,1-2H3,(H,16,17,18)/t12-/m0/s1. The second-order valence-corrected chi connectivity index (χ2v) is 5.66. The normalized spacial score (nSPS) is 20.2. The highest BCUT2D eigenvalue weighted by Gasteiger charge is 2.25. The van der Waals surface area contributed by atoms with Gasteiger partial charge in [-0.05, 0) is 6.07 Å². The third kappa shape index (κ3) is 3.48. The number of morpholine rings is 1. The van der Waals surface area contributed by atoms with Gasteiger partial charge in [0.25, 0.3) is 0 Å². The minimum absolute atomic E-state index is 0.0172. The van der Waals surface area contributed by atoms with Crippen LogP contribution in [-0.2, 0) is 11.3 Å². The van der Waals surface area contributed by atoms with E-state index in [9.17, 15) is 0 Å². The Kier molecular flexibility index (Phi) is 4.31. The number of nitrogens with zero attached hydrogens (tertiary/aromatic N) is 5. The molecule has 3 heterocycles. The van der Waals surface area contributed by atoms with E-state index in [0.717, 1.165) is 44.4 Å². The molecule has 0 saturated carbocycles. The van der Waals surface area contributed by atoms with Crippen molar-refractivity contribution in [2.45, 2.75) is 32.4 Å². The maximum absolute atomic E-state index is 5.83. The molecule has 21 heavy (non-hydrogen) atoms. The molecule has 0 aromatic carbocycles. The maximum atomic E-state index is 5.83. The molecule has 1 saturated heterocycles. The van der Waals surface area contributed by atoms with Crippen LogP contribution in [0.3, 0.4) is 0 Å². The molecule has 3 rings (SSSR count). The minimum atomic E-state index is -0.0172. The van der Waals surface area contributed by atoms with Crippen LogP contribution >= 0.6 is 0 Å². The predicted octanol–water partition coefficient (Wildman–Crippen LogP) is 1.20. The molecule has 7 heteroatoms. The lowest BCUT2D eigenvalue weighted by Crippen LogP contribution is -2.40. The third-order valence-electron chi connectivity index (χ3n) is 3.70. The Morgan fingerprint density at radius 2 is 2.33 bits per heavy atom. The van der Waals surface area contributed by atoms with Gasteiger partial charge < -0.3 is 4.74 Å². The van der Waals surface area contributed by atoms with E-state index < -0.39 is 0 Å². The van der Waals surface area contributed by atoms with Crippen LogP contribution in [0.1, 0.15) is 37.5 Å². The van der Waals surface area contributed by atoms with Crippen molar-refractivity contribution in [1.82, 2.24) is 29.9 Å². The number of rotatable bonds is 5. The minimum Gasteiger partial charge on any atom is -0.368 e. The number of nitrogens with one attached hydrogen (secondary N) is 1. The molecule has 0 amide bonds. The lowest BCUT2D eigenvalue weighted by Gasteiger charge is -2.31. The van der Waals surface area contributed by atoms with Gasteiger partial charge in [-0.25, -0.2) is 4.98 Å². The highest BCUT2D eigenvalue weighted by Crippen LogP contribution is 2.20. The molecule has 1 aliphatic rings. The molecule has 2 aromatic rings. The van der Waals surface area contributed by atoms with E-state index in [1.807, 2.05) is 23.1 Å². The first kappa shape index (κ1) is 14.2. The Balaban J connectivity index is 1.57. The van der Waals surface area contributed by atoms with E-state index >= 15 is 0 Å². The van der Waals surface area contributed by atoms with Crippen molar-refractivity contribution in [2.75, 3.05) is 26.2 Å². The number of ether oxygens (including phenoxy) is 1. The van der Waals surface area contributed by atoms with Crippen LogP contribution in [-0.4, -0.2) is 56.1 Å². The summed E-state index contributed by atoms with van der Waals surface area (Å²) in [6, 6.07) is 1.95. The molecule has 1 fully saturated rings. The van der Waals surface area contributed by atoms with E-state index in [1.54, 1.807) is 0 Å². The number of aromatic amines is 1. The summed E-state index contributed by atoms with van der Waals surface area (Å²) < 4.78 is 7.78. The SMILES string of the molecule is CC(C)c1n[nH]c([C@@H]2CN(CCn3cccn3)CCO2)n1. The molecule has 7 nitrogen and oxygen atoms in total. The van der Waals surface area contributed by atoms with Crippen molar-refractivity contribution < 1.29 is 4.74 Å². The molecule has 0 aliphatic carbocycles. The molecule has 1 aliphatic heterocycles. The van der Waals surface area contributed by atoms with Crippen LogP contribution in [0.25, 0.3) is 0 Å². The molecule has 0 spiro atoms. The molecule has 1 N–H and O–H groups in total. The Bertz CT molecular complexity index is 550. The average Bonchev–Trinajstić information content (AvgIpc) is 3.17. The highest BCUT2D eigenvalue weighted by atomic mass is 16.5. The summed E-state index contributed by atoms with van der Waals surface area (Å²) in [5.74, 6) is 2.01. The highest BCUT2D eigenvalue weighted by molar-refractivity contribution is 4.99. The lowest BCUT2D eigenvalue weighted by atomic mass is 10.2. The molecule has 0 bridgehead atoms. The summed E-state index contributed by atoms with van der Waals surface area (Å²) in [5.41, 5.74) is 0. The first-order valence-electron chi connectivity index (χ1n) is 7.46. The fraction of sp³-hybridized carbons (Fsp3) is 0.643. The van der Waals surface area contributed by atoms with Crippen molar-refractivity contribution in [3.05, 3.63) is 30.1 Å². The molecular formula is C14H22N6O. The number of hydrogen-bond acceptors (Lipinski definition) is 5. The zero-order chi connectivity index (χ0) is 14.7. The van der Waals surface area contributed by atoms with Crippen molar-refractivity contribution in [3.8, 4) is 0 Å². The van der Waals surface area contributed by atoms with Crippen molar-refractivity contribution in [2.24, 2.45) is 0 Å². The number of H-pyrrole nitrogens is 1. The largest absolute Gasteiger partial charge is 0.368 e. The van der Waals surface area contributed by atoms with Crippen molar-refractivity contribution >= 4 is 0 Å². The summed E-state index contributed by atoms with van der Waals surface area (Å²) in [6.07, 6.45) is 3.78. The fourth-order valence-corrected chi connectivity index (χ4v) is 2.44. The van der Waals surface area contributed by atoms with Gasteiger partial charge in [0.05, 0.1) is 13.2 Å². The second-order valence-electron chi connectivity index (χ2n) is 5.66. The molecule has 0 unspecified atom stereocenters. The summed E-state index contributed by atoms with van der Waals surface area (Å²) in [5, 5.41) is 11.5. The average molecular weight is 290 g/mol. The Hall–Kier alpha value is -1.73. The second kappa shape index (κ2) is 6.36. The predicted molar refractivity (Wildman–Crippen MR) is 77.8 cm³/mol. The quantitative estimate of drug-likeness (QED) is 0.896.